The van der Waals surface area contributed by atoms with Crippen molar-refractivity contribution >= 4 is 43.0 Å². The monoisotopic (exact) mass is 761 g/mol. The standard InChI is InChI=1S/C45H57GeNO3Si/c1-10-48-33-34-49-43-27-13-36(14-28-43)31-32-46(6,7)39-19-15-37(16-20-39)38-17-23-41(24-18-38)47(40-21-11-35(2)12-22-40)42-25-29-44(30-26-42)50-51(8,9)45(3,4)5/h11-30H,10,31-34H2,1-9H3. The first-order chi connectivity index (χ1) is 24.3. The van der Waals surface area contributed by atoms with E-state index in [1.54, 1.807) is 0 Å². The number of benzene rings is 5. The predicted octanol–water partition coefficient (Wildman–Crippen LogP) is 12.1. The maximum absolute atomic E-state index is 6.59. The van der Waals surface area contributed by atoms with Crippen LogP contribution < -0.4 is 18.5 Å². The Morgan fingerprint density at radius 2 is 1.12 bits per heavy atom. The van der Waals surface area contributed by atoms with E-state index in [-0.39, 0.29) is 5.04 Å². The van der Waals surface area contributed by atoms with E-state index in [9.17, 15) is 0 Å². The van der Waals surface area contributed by atoms with Crippen LogP contribution in [0.15, 0.2) is 121 Å². The van der Waals surface area contributed by atoms with E-state index < -0.39 is 21.6 Å². The third-order valence-corrected chi connectivity index (χ3v) is 21.8. The summed E-state index contributed by atoms with van der Waals surface area (Å²) in [5.74, 6) is 6.90. The summed E-state index contributed by atoms with van der Waals surface area (Å²) in [6.07, 6.45) is 1.10. The van der Waals surface area contributed by atoms with Crippen LogP contribution in [0.25, 0.3) is 11.1 Å². The van der Waals surface area contributed by atoms with E-state index in [0.29, 0.717) is 13.2 Å². The Kier molecular flexibility index (Phi) is 12.6. The van der Waals surface area contributed by atoms with Gasteiger partial charge in [-0.3, -0.25) is 0 Å². The van der Waals surface area contributed by atoms with Gasteiger partial charge in [0, 0.05) is 0 Å². The Bertz CT molecular complexity index is 1810. The molecule has 5 aromatic carbocycles. The fraction of sp³-hybridized carbons (Fsp3) is 0.333. The molecule has 0 saturated carbocycles. The molecule has 6 heteroatoms. The van der Waals surface area contributed by atoms with E-state index in [0.717, 1.165) is 41.6 Å². The molecule has 0 aromatic heterocycles. The van der Waals surface area contributed by atoms with E-state index in [1.807, 2.05) is 6.92 Å². The summed E-state index contributed by atoms with van der Waals surface area (Å²) >= 11 is -2.21. The Morgan fingerprint density at radius 3 is 1.65 bits per heavy atom. The molecule has 0 fully saturated rings. The van der Waals surface area contributed by atoms with E-state index in [4.69, 9.17) is 13.9 Å². The summed E-state index contributed by atoms with van der Waals surface area (Å²) in [6, 6.07) is 44.3. The SMILES string of the molecule is CCOCCOc1ccc(C[CH2][Ge]([CH3])([CH3])[c]2ccc(-c3ccc(N(c4ccc(C)cc4)c4ccc(O[Si](C)(C)C(C)(C)C)cc4)cc3)cc2)cc1. The summed E-state index contributed by atoms with van der Waals surface area (Å²) in [7, 11) is -1.92. The normalized spacial score (nSPS) is 12.1. The van der Waals surface area contributed by atoms with Crippen LogP contribution in [-0.4, -0.2) is 41.4 Å². The van der Waals surface area contributed by atoms with Crippen LogP contribution in [0.1, 0.15) is 38.8 Å². The van der Waals surface area contributed by atoms with Gasteiger partial charge < -0.3 is 4.43 Å². The van der Waals surface area contributed by atoms with Gasteiger partial charge in [-0.1, -0.05) is 26.3 Å². The summed E-state index contributed by atoms with van der Waals surface area (Å²) in [6.45, 7) is 17.5. The maximum atomic E-state index is 6.59. The zero-order valence-corrected chi connectivity index (χ0v) is 35.4. The van der Waals surface area contributed by atoms with Gasteiger partial charge >= 0.3 is 243 Å². The van der Waals surface area contributed by atoms with Crippen LogP contribution in [0.2, 0.25) is 34.9 Å². The molecular formula is C45H57GeNO3Si. The van der Waals surface area contributed by atoms with Gasteiger partial charge in [-0.25, -0.2) is 0 Å². The quantitative estimate of drug-likeness (QED) is 0.0785. The Morgan fingerprint density at radius 1 is 0.627 bits per heavy atom. The molecule has 0 amide bonds. The Labute approximate surface area is 311 Å². The minimum absolute atomic E-state index is 0.147. The first kappa shape index (κ1) is 38.5. The van der Waals surface area contributed by atoms with Crippen molar-refractivity contribution in [2.24, 2.45) is 0 Å². The van der Waals surface area contributed by atoms with Gasteiger partial charge in [0.05, 0.1) is 0 Å². The summed E-state index contributed by atoms with van der Waals surface area (Å²) in [4.78, 5) is 2.32. The van der Waals surface area contributed by atoms with Crippen molar-refractivity contribution in [3.05, 3.63) is 132 Å². The predicted molar refractivity (Wildman–Crippen MR) is 223 cm³/mol. The van der Waals surface area contributed by atoms with Crippen LogP contribution in [0.3, 0.4) is 0 Å². The number of rotatable bonds is 15. The molecule has 0 aliphatic rings. The van der Waals surface area contributed by atoms with Gasteiger partial charge in [-0.05, 0) is 25.1 Å². The number of hydrogen-bond acceptors (Lipinski definition) is 4. The van der Waals surface area contributed by atoms with Gasteiger partial charge in [-0.15, -0.1) is 0 Å². The third kappa shape index (κ3) is 10.2. The molecule has 0 bridgehead atoms. The molecule has 0 atom stereocenters. The number of hydrogen-bond donors (Lipinski definition) is 0. The number of aryl methyl sites for hydroxylation is 2. The topological polar surface area (TPSA) is 30.9 Å². The summed E-state index contributed by atoms with van der Waals surface area (Å²) < 4.78 is 19.3. The summed E-state index contributed by atoms with van der Waals surface area (Å²) in [5, 5.41) is 1.39. The second-order valence-electron chi connectivity index (χ2n) is 15.7. The van der Waals surface area contributed by atoms with E-state index in [1.165, 1.54) is 31.9 Å². The van der Waals surface area contributed by atoms with Gasteiger partial charge in [0.1, 0.15) is 5.75 Å². The molecule has 4 nitrogen and oxygen atoms in total. The van der Waals surface area contributed by atoms with Crippen molar-refractivity contribution < 1.29 is 13.9 Å². The molecular weight excluding hydrogens is 703 g/mol. The first-order valence-electron chi connectivity index (χ1n) is 18.4. The van der Waals surface area contributed by atoms with Crippen molar-refractivity contribution in [3.63, 3.8) is 0 Å². The molecule has 0 spiro atoms. The molecule has 0 aliphatic carbocycles. The fourth-order valence-corrected chi connectivity index (χ4v) is 11.7. The minimum atomic E-state index is -2.21. The van der Waals surface area contributed by atoms with Crippen LogP contribution in [-0.2, 0) is 11.2 Å². The molecule has 5 rings (SSSR count). The third-order valence-electron chi connectivity index (χ3n) is 10.4. The number of nitrogens with zero attached hydrogens (tertiary/aromatic N) is 1. The molecule has 0 heterocycles. The van der Waals surface area contributed by atoms with E-state index in [2.05, 4.69) is 179 Å². The molecule has 0 aliphatic heterocycles. The van der Waals surface area contributed by atoms with Crippen LogP contribution >= 0.6 is 0 Å². The van der Waals surface area contributed by atoms with Crippen molar-refractivity contribution in [1.82, 2.24) is 0 Å². The molecule has 0 N–H and O–H groups in total. The van der Waals surface area contributed by atoms with Gasteiger partial charge in [0.25, 0.3) is 0 Å². The van der Waals surface area contributed by atoms with Crippen molar-refractivity contribution in [2.75, 3.05) is 24.7 Å². The average Bonchev–Trinajstić information content (AvgIpc) is 3.11. The fourth-order valence-electron chi connectivity index (χ4n) is 5.89. The second-order valence-corrected chi connectivity index (χ2v) is 30.6. The van der Waals surface area contributed by atoms with Crippen LogP contribution in [0.4, 0.5) is 17.1 Å². The van der Waals surface area contributed by atoms with E-state index >= 15 is 0 Å². The van der Waals surface area contributed by atoms with Crippen LogP contribution in [0.5, 0.6) is 11.5 Å². The van der Waals surface area contributed by atoms with Gasteiger partial charge in [0.2, 0.25) is 8.32 Å². The van der Waals surface area contributed by atoms with Crippen molar-refractivity contribution in [2.45, 2.75) is 75.9 Å². The first-order valence-corrected chi connectivity index (χ1v) is 28.1. The molecule has 0 unspecified atom stereocenters. The number of ether oxygens (including phenoxy) is 2. The molecule has 268 valence electrons. The van der Waals surface area contributed by atoms with Crippen molar-refractivity contribution in [3.8, 4) is 22.6 Å². The van der Waals surface area contributed by atoms with Crippen LogP contribution in [0, 0.1) is 6.92 Å². The molecule has 0 radical (unpaired) electrons. The average molecular weight is 761 g/mol. The Hall–Kier alpha value is -3.78. The zero-order chi connectivity index (χ0) is 36.6. The van der Waals surface area contributed by atoms with Crippen molar-refractivity contribution in [1.29, 1.82) is 0 Å². The summed E-state index contributed by atoms with van der Waals surface area (Å²) in [5.41, 5.74) is 8.45. The second kappa shape index (κ2) is 16.7. The zero-order valence-electron chi connectivity index (χ0n) is 32.3. The molecule has 0 saturated heterocycles. The molecule has 51 heavy (non-hydrogen) atoms. The Balaban J connectivity index is 1.28. The van der Waals surface area contributed by atoms with Gasteiger partial charge in [-0.2, -0.15) is 0 Å². The van der Waals surface area contributed by atoms with Gasteiger partial charge in [0.15, 0.2) is 0 Å². The molecule has 5 aromatic rings. The number of anilines is 3.